The van der Waals surface area contributed by atoms with Gasteiger partial charge < -0.3 is 5.73 Å². The van der Waals surface area contributed by atoms with E-state index in [1.165, 1.54) is 17.8 Å². The van der Waals surface area contributed by atoms with Crippen molar-refractivity contribution >= 4 is 11.3 Å². The number of aromatic nitrogens is 1. The van der Waals surface area contributed by atoms with Gasteiger partial charge in [0, 0.05) is 23.0 Å². The highest BCUT2D eigenvalue weighted by Gasteiger charge is 2.23. The van der Waals surface area contributed by atoms with E-state index >= 15 is 0 Å². The normalized spacial score (nSPS) is 15.2. The van der Waals surface area contributed by atoms with Crippen molar-refractivity contribution in [2.24, 2.45) is 5.73 Å². The molecule has 1 aromatic rings. The zero-order valence-electron chi connectivity index (χ0n) is 10.0. The van der Waals surface area contributed by atoms with Crippen LogP contribution in [0, 0.1) is 6.92 Å². The molecule has 2 N–H and O–H groups in total. The fraction of sp³-hybridized carbons (Fsp3) is 0.750. The van der Waals surface area contributed by atoms with E-state index in [1.807, 2.05) is 6.92 Å². The number of hydrogen-bond acceptors (Lipinski definition) is 3. The van der Waals surface area contributed by atoms with Gasteiger partial charge in [-0.15, -0.1) is 11.3 Å². The number of thiazole rings is 1. The van der Waals surface area contributed by atoms with Crippen LogP contribution in [0.5, 0.6) is 0 Å². The van der Waals surface area contributed by atoms with Crippen LogP contribution in [0.3, 0.4) is 0 Å². The minimum atomic E-state index is -0.0414. The Bertz CT molecular complexity index is 296. The van der Waals surface area contributed by atoms with Crippen LogP contribution in [0.2, 0.25) is 0 Å². The molecule has 1 unspecified atom stereocenters. The molecule has 0 saturated heterocycles. The van der Waals surface area contributed by atoms with Crippen molar-refractivity contribution in [2.45, 2.75) is 58.4 Å². The summed E-state index contributed by atoms with van der Waals surface area (Å²) in [6.07, 6.45) is 5.51. The van der Waals surface area contributed by atoms with Crippen molar-refractivity contribution < 1.29 is 0 Å². The minimum absolute atomic E-state index is 0.0414. The summed E-state index contributed by atoms with van der Waals surface area (Å²) in [4.78, 5) is 4.49. The first-order chi connectivity index (χ1) is 7.09. The molecule has 15 heavy (non-hydrogen) atoms. The van der Waals surface area contributed by atoms with Gasteiger partial charge >= 0.3 is 0 Å². The summed E-state index contributed by atoms with van der Waals surface area (Å²) in [6.45, 7) is 6.43. The average molecular weight is 226 g/mol. The van der Waals surface area contributed by atoms with Crippen molar-refractivity contribution in [3.8, 4) is 0 Å². The molecule has 1 heterocycles. The summed E-state index contributed by atoms with van der Waals surface area (Å²) in [5, 5.41) is 3.29. The summed E-state index contributed by atoms with van der Waals surface area (Å²) in [5.74, 6) is 0. The Kier molecular flexibility index (Phi) is 4.74. The van der Waals surface area contributed by atoms with Crippen LogP contribution in [0.25, 0.3) is 0 Å². The number of unbranched alkanes of at least 4 members (excludes halogenated alkanes) is 1. The SMILES string of the molecule is CCCCC(N)(CC)Cc1nc(C)cs1. The molecule has 1 rings (SSSR count). The Morgan fingerprint density at radius 3 is 2.67 bits per heavy atom. The van der Waals surface area contributed by atoms with Crippen molar-refractivity contribution in [1.29, 1.82) is 0 Å². The Labute approximate surface area is 96.9 Å². The predicted molar refractivity (Wildman–Crippen MR) is 67.3 cm³/mol. The van der Waals surface area contributed by atoms with Gasteiger partial charge in [-0.2, -0.15) is 0 Å². The summed E-state index contributed by atoms with van der Waals surface area (Å²) < 4.78 is 0. The minimum Gasteiger partial charge on any atom is -0.325 e. The summed E-state index contributed by atoms with van der Waals surface area (Å²) in [6, 6.07) is 0. The fourth-order valence-electron chi connectivity index (χ4n) is 1.70. The molecule has 2 nitrogen and oxygen atoms in total. The van der Waals surface area contributed by atoms with Crippen molar-refractivity contribution in [2.75, 3.05) is 0 Å². The molecule has 86 valence electrons. The highest BCUT2D eigenvalue weighted by Crippen LogP contribution is 2.22. The van der Waals surface area contributed by atoms with Crippen LogP contribution in [-0.2, 0) is 6.42 Å². The first kappa shape index (κ1) is 12.7. The van der Waals surface area contributed by atoms with Crippen LogP contribution in [0.4, 0.5) is 0 Å². The molecular weight excluding hydrogens is 204 g/mol. The van der Waals surface area contributed by atoms with E-state index in [0.717, 1.165) is 25.0 Å². The lowest BCUT2D eigenvalue weighted by atomic mass is 9.88. The van der Waals surface area contributed by atoms with Gasteiger partial charge in [-0.1, -0.05) is 26.7 Å². The summed E-state index contributed by atoms with van der Waals surface area (Å²) >= 11 is 1.73. The third kappa shape index (κ3) is 3.92. The standard InChI is InChI=1S/C12H22N2S/c1-4-6-7-12(13,5-2)8-11-14-10(3)9-15-11/h9H,4-8,13H2,1-3H3. The van der Waals surface area contributed by atoms with Crippen molar-refractivity contribution in [3.63, 3.8) is 0 Å². The van der Waals surface area contributed by atoms with E-state index in [2.05, 4.69) is 24.2 Å². The van der Waals surface area contributed by atoms with E-state index in [1.54, 1.807) is 11.3 Å². The van der Waals surface area contributed by atoms with E-state index in [4.69, 9.17) is 5.73 Å². The predicted octanol–water partition coefficient (Wildman–Crippen LogP) is 3.29. The highest BCUT2D eigenvalue weighted by molar-refractivity contribution is 7.09. The molecule has 0 amide bonds. The second kappa shape index (κ2) is 5.61. The first-order valence-corrected chi connectivity index (χ1v) is 6.67. The van der Waals surface area contributed by atoms with Gasteiger partial charge in [-0.3, -0.25) is 0 Å². The summed E-state index contributed by atoms with van der Waals surface area (Å²) in [5.41, 5.74) is 7.46. The lowest BCUT2D eigenvalue weighted by Gasteiger charge is -2.27. The van der Waals surface area contributed by atoms with Gasteiger partial charge in [0.2, 0.25) is 0 Å². The van der Waals surface area contributed by atoms with E-state index in [9.17, 15) is 0 Å². The smallest absolute Gasteiger partial charge is 0.0946 e. The van der Waals surface area contributed by atoms with Crippen LogP contribution in [-0.4, -0.2) is 10.5 Å². The third-order valence-corrected chi connectivity index (χ3v) is 3.87. The zero-order valence-corrected chi connectivity index (χ0v) is 10.9. The Balaban J connectivity index is 2.59. The topological polar surface area (TPSA) is 38.9 Å². The van der Waals surface area contributed by atoms with Gasteiger partial charge in [0.1, 0.15) is 0 Å². The van der Waals surface area contributed by atoms with Crippen molar-refractivity contribution in [1.82, 2.24) is 4.98 Å². The van der Waals surface area contributed by atoms with Crippen molar-refractivity contribution in [3.05, 3.63) is 16.1 Å². The molecule has 0 saturated carbocycles. The van der Waals surface area contributed by atoms with Gasteiger partial charge in [0.25, 0.3) is 0 Å². The van der Waals surface area contributed by atoms with Crippen LogP contribution >= 0.6 is 11.3 Å². The monoisotopic (exact) mass is 226 g/mol. The van der Waals surface area contributed by atoms with E-state index in [0.29, 0.717) is 0 Å². The molecule has 1 aromatic heterocycles. The Morgan fingerprint density at radius 1 is 1.47 bits per heavy atom. The molecule has 0 spiro atoms. The van der Waals surface area contributed by atoms with Gasteiger partial charge in [-0.25, -0.2) is 4.98 Å². The van der Waals surface area contributed by atoms with E-state index in [-0.39, 0.29) is 5.54 Å². The highest BCUT2D eigenvalue weighted by atomic mass is 32.1. The molecule has 0 aliphatic carbocycles. The van der Waals surface area contributed by atoms with Gasteiger partial charge in [0.15, 0.2) is 0 Å². The molecule has 0 radical (unpaired) electrons. The lowest BCUT2D eigenvalue weighted by molar-refractivity contribution is 0.364. The molecule has 0 fully saturated rings. The Morgan fingerprint density at radius 2 is 2.20 bits per heavy atom. The second-order valence-corrected chi connectivity index (χ2v) is 5.32. The zero-order chi connectivity index (χ0) is 11.3. The molecule has 1 atom stereocenters. The maximum absolute atomic E-state index is 6.39. The number of rotatable bonds is 6. The van der Waals surface area contributed by atoms with Gasteiger partial charge in [-0.05, 0) is 19.8 Å². The largest absolute Gasteiger partial charge is 0.325 e. The molecular formula is C12H22N2S. The van der Waals surface area contributed by atoms with E-state index < -0.39 is 0 Å². The first-order valence-electron chi connectivity index (χ1n) is 5.79. The maximum atomic E-state index is 6.39. The maximum Gasteiger partial charge on any atom is 0.0946 e. The third-order valence-electron chi connectivity index (χ3n) is 2.90. The quantitative estimate of drug-likeness (QED) is 0.808. The number of nitrogens with zero attached hydrogens (tertiary/aromatic N) is 1. The molecule has 0 aromatic carbocycles. The molecule has 0 aliphatic heterocycles. The number of aryl methyl sites for hydroxylation is 1. The van der Waals surface area contributed by atoms with Crippen LogP contribution in [0.15, 0.2) is 5.38 Å². The number of nitrogens with two attached hydrogens (primary N) is 1. The lowest BCUT2D eigenvalue weighted by Crippen LogP contribution is -2.41. The van der Waals surface area contributed by atoms with Gasteiger partial charge in [0.05, 0.1) is 5.01 Å². The molecule has 0 bridgehead atoms. The Hall–Kier alpha value is -0.410. The fourth-order valence-corrected chi connectivity index (χ4v) is 2.63. The average Bonchev–Trinajstić information content (AvgIpc) is 2.61. The molecule has 3 heteroatoms. The molecule has 0 aliphatic rings. The number of hydrogen-bond donors (Lipinski definition) is 1. The summed E-state index contributed by atoms with van der Waals surface area (Å²) in [7, 11) is 0. The van der Waals surface area contributed by atoms with Crippen LogP contribution < -0.4 is 5.73 Å². The second-order valence-electron chi connectivity index (χ2n) is 4.38. The van der Waals surface area contributed by atoms with Crippen LogP contribution in [0.1, 0.15) is 50.2 Å².